The molecule has 1 atom stereocenters. The molecule has 7 aromatic rings. The highest BCUT2D eigenvalue weighted by atomic mass is 15.0. The van der Waals surface area contributed by atoms with Crippen molar-refractivity contribution in [1.82, 2.24) is 19.9 Å². The first-order chi connectivity index (χ1) is 24.4. The van der Waals surface area contributed by atoms with E-state index in [1.807, 2.05) is 30.5 Å². The van der Waals surface area contributed by atoms with Gasteiger partial charge in [0.1, 0.15) is 5.69 Å². The number of aromatic nitrogens is 4. The summed E-state index contributed by atoms with van der Waals surface area (Å²) < 4.78 is 0. The maximum atomic E-state index is 5.06. The molecule has 4 heteroatoms. The fraction of sp³-hybridized carbons (Fsp3) is 0.174. The van der Waals surface area contributed by atoms with E-state index in [1.165, 1.54) is 50.1 Å². The average Bonchev–Trinajstić information content (AvgIpc) is 3.42. The fourth-order valence-corrected chi connectivity index (χ4v) is 8.33. The molecule has 242 valence electrons. The van der Waals surface area contributed by atoms with Crippen LogP contribution in [0.4, 0.5) is 0 Å². The third kappa shape index (κ3) is 4.66. The lowest BCUT2D eigenvalue weighted by atomic mass is 9.70. The van der Waals surface area contributed by atoms with Gasteiger partial charge in [0.2, 0.25) is 0 Å². The second kappa shape index (κ2) is 11.7. The predicted octanol–water partition coefficient (Wildman–Crippen LogP) is 11.0. The molecule has 0 N–H and O–H groups in total. The fourth-order valence-electron chi connectivity index (χ4n) is 8.33. The van der Waals surface area contributed by atoms with Gasteiger partial charge in [0.05, 0.1) is 0 Å². The predicted molar refractivity (Wildman–Crippen MR) is 204 cm³/mol. The molecule has 0 saturated carbocycles. The molecule has 9 rings (SSSR count). The SMILES string of the molecule is CCC1(C)c2ccccc2-c2cc(-c3ccc(-c4nc(-c5ccccc5C)nc(-c5ccccc5C)n4)nc3)c3c(c21)-c1ccccc1CC3. The van der Waals surface area contributed by atoms with Crippen LogP contribution >= 0.6 is 0 Å². The second-order valence-corrected chi connectivity index (χ2v) is 14.0. The van der Waals surface area contributed by atoms with Crippen molar-refractivity contribution in [2.45, 2.75) is 52.4 Å². The lowest BCUT2D eigenvalue weighted by Gasteiger charge is -2.33. The molecule has 0 bridgehead atoms. The van der Waals surface area contributed by atoms with Crippen LogP contribution in [0, 0.1) is 13.8 Å². The summed E-state index contributed by atoms with van der Waals surface area (Å²) in [4.78, 5) is 20.0. The average molecular weight is 647 g/mol. The van der Waals surface area contributed by atoms with Crippen LogP contribution in [-0.2, 0) is 18.3 Å². The highest BCUT2D eigenvalue weighted by Crippen LogP contribution is 2.57. The smallest absolute Gasteiger partial charge is 0.182 e. The summed E-state index contributed by atoms with van der Waals surface area (Å²) >= 11 is 0. The van der Waals surface area contributed by atoms with E-state index in [0.717, 1.165) is 52.8 Å². The number of aryl methyl sites for hydroxylation is 3. The van der Waals surface area contributed by atoms with E-state index in [1.54, 1.807) is 0 Å². The van der Waals surface area contributed by atoms with Crippen molar-refractivity contribution in [3.8, 4) is 67.7 Å². The minimum atomic E-state index is -0.0522. The van der Waals surface area contributed by atoms with E-state index in [2.05, 4.69) is 119 Å². The van der Waals surface area contributed by atoms with E-state index >= 15 is 0 Å². The molecule has 0 saturated heterocycles. The van der Waals surface area contributed by atoms with E-state index < -0.39 is 0 Å². The van der Waals surface area contributed by atoms with E-state index in [4.69, 9.17) is 19.9 Å². The highest BCUT2D eigenvalue weighted by molar-refractivity contribution is 5.96. The van der Waals surface area contributed by atoms with Crippen molar-refractivity contribution in [2.75, 3.05) is 0 Å². The Hall–Kier alpha value is -5.74. The number of nitrogens with zero attached hydrogens (tertiary/aromatic N) is 4. The molecule has 2 aliphatic carbocycles. The summed E-state index contributed by atoms with van der Waals surface area (Å²) in [6.07, 6.45) is 5.09. The Morgan fingerprint density at radius 3 is 1.82 bits per heavy atom. The molecule has 0 spiro atoms. The van der Waals surface area contributed by atoms with Crippen LogP contribution < -0.4 is 0 Å². The third-order valence-electron chi connectivity index (χ3n) is 11.1. The van der Waals surface area contributed by atoms with Gasteiger partial charge in [-0.25, -0.2) is 15.0 Å². The summed E-state index contributed by atoms with van der Waals surface area (Å²) in [6.45, 7) is 8.96. The van der Waals surface area contributed by atoms with Crippen LogP contribution in [0.15, 0.2) is 121 Å². The molecule has 2 heterocycles. The van der Waals surface area contributed by atoms with Crippen molar-refractivity contribution in [2.24, 2.45) is 0 Å². The maximum absolute atomic E-state index is 5.06. The lowest BCUT2D eigenvalue weighted by Crippen LogP contribution is -2.22. The molecule has 0 amide bonds. The number of fused-ring (bicyclic) bond motifs is 7. The summed E-state index contributed by atoms with van der Waals surface area (Å²) in [5.41, 5.74) is 18.5. The molecular formula is C46H38N4. The molecule has 0 fully saturated rings. The highest BCUT2D eigenvalue weighted by Gasteiger charge is 2.42. The minimum absolute atomic E-state index is 0.0522. The monoisotopic (exact) mass is 646 g/mol. The second-order valence-electron chi connectivity index (χ2n) is 14.0. The maximum Gasteiger partial charge on any atom is 0.182 e. The molecular weight excluding hydrogens is 609 g/mol. The molecule has 2 aliphatic rings. The van der Waals surface area contributed by atoms with E-state index in [0.29, 0.717) is 17.5 Å². The van der Waals surface area contributed by atoms with Crippen molar-refractivity contribution in [1.29, 1.82) is 0 Å². The third-order valence-corrected chi connectivity index (χ3v) is 11.1. The lowest BCUT2D eigenvalue weighted by molar-refractivity contribution is 0.565. The van der Waals surface area contributed by atoms with Crippen LogP contribution in [0.3, 0.4) is 0 Å². The topological polar surface area (TPSA) is 51.6 Å². The summed E-state index contributed by atoms with van der Waals surface area (Å²) in [7, 11) is 0. The number of benzene rings is 5. The quantitative estimate of drug-likeness (QED) is 0.187. The van der Waals surface area contributed by atoms with Crippen LogP contribution in [0.1, 0.15) is 53.6 Å². The molecule has 50 heavy (non-hydrogen) atoms. The van der Waals surface area contributed by atoms with Crippen LogP contribution in [-0.4, -0.2) is 19.9 Å². The number of hydrogen-bond donors (Lipinski definition) is 0. The van der Waals surface area contributed by atoms with Crippen LogP contribution in [0.5, 0.6) is 0 Å². The summed E-state index contributed by atoms with van der Waals surface area (Å²) in [5.74, 6) is 1.88. The largest absolute Gasteiger partial charge is 0.252 e. The van der Waals surface area contributed by atoms with Gasteiger partial charge in [0, 0.05) is 28.3 Å². The van der Waals surface area contributed by atoms with Crippen LogP contribution in [0.25, 0.3) is 67.7 Å². The summed E-state index contributed by atoms with van der Waals surface area (Å²) in [5, 5.41) is 0. The Bertz CT molecular complexity index is 2400. The van der Waals surface area contributed by atoms with Crippen molar-refractivity contribution >= 4 is 0 Å². The first-order valence-electron chi connectivity index (χ1n) is 17.7. The molecule has 2 aromatic heterocycles. The van der Waals surface area contributed by atoms with Gasteiger partial charge in [-0.1, -0.05) is 117 Å². The molecule has 1 unspecified atom stereocenters. The van der Waals surface area contributed by atoms with E-state index in [-0.39, 0.29) is 5.41 Å². The van der Waals surface area contributed by atoms with Crippen LogP contribution in [0.2, 0.25) is 0 Å². The summed E-state index contributed by atoms with van der Waals surface area (Å²) in [6, 6.07) is 41.2. The Kier molecular flexibility index (Phi) is 7.10. The Morgan fingerprint density at radius 1 is 0.580 bits per heavy atom. The van der Waals surface area contributed by atoms with Crippen molar-refractivity contribution in [3.05, 3.63) is 155 Å². The van der Waals surface area contributed by atoms with Gasteiger partial charge in [0.25, 0.3) is 0 Å². The zero-order valence-corrected chi connectivity index (χ0v) is 29.0. The van der Waals surface area contributed by atoms with Gasteiger partial charge >= 0.3 is 0 Å². The van der Waals surface area contributed by atoms with Gasteiger partial charge in [-0.15, -0.1) is 0 Å². The first kappa shape index (κ1) is 30.3. The van der Waals surface area contributed by atoms with Gasteiger partial charge in [-0.05, 0) is 106 Å². The number of pyridine rings is 1. The number of rotatable bonds is 5. The minimum Gasteiger partial charge on any atom is -0.252 e. The molecule has 0 aliphatic heterocycles. The number of hydrogen-bond acceptors (Lipinski definition) is 4. The zero-order valence-electron chi connectivity index (χ0n) is 29.0. The normalized spacial score (nSPS) is 15.6. The Labute approximate surface area is 294 Å². The Morgan fingerprint density at radius 2 is 1.18 bits per heavy atom. The van der Waals surface area contributed by atoms with Gasteiger partial charge < -0.3 is 0 Å². The zero-order chi connectivity index (χ0) is 34.0. The van der Waals surface area contributed by atoms with Gasteiger partial charge in [-0.2, -0.15) is 0 Å². The van der Waals surface area contributed by atoms with Crippen molar-refractivity contribution < 1.29 is 0 Å². The van der Waals surface area contributed by atoms with Crippen molar-refractivity contribution in [3.63, 3.8) is 0 Å². The molecule has 4 nitrogen and oxygen atoms in total. The van der Waals surface area contributed by atoms with E-state index in [9.17, 15) is 0 Å². The Balaban J connectivity index is 1.22. The molecule has 0 radical (unpaired) electrons. The molecule has 5 aromatic carbocycles. The first-order valence-corrected chi connectivity index (χ1v) is 17.7. The standard InChI is InChI=1S/C46H38N4/c1-5-46(4)39-21-13-12-20-35(39)38-26-37(36-24-22-30-16-8-11-19-34(30)41(36)42(38)46)31-23-25-40(47-27-31)45-49-43(32-17-9-6-14-28(32)2)48-44(50-45)33-18-10-7-15-29(33)3/h6-21,23,25-27H,5,22,24H2,1-4H3. The van der Waals surface area contributed by atoms with Gasteiger partial charge in [0.15, 0.2) is 17.5 Å². The van der Waals surface area contributed by atoms with Gasteiger partial charge in [-0.3, -0.25) is 4.98 Å².